The third-order valence-electron chi connectivity index (χ3n) is 3.33. The number of nitrogens with one attached hydrogen (secondary N) is 1. The minimum atomic E-state index is 0.0720. The normalized spacial score (nSPS) is 12.6. The SMILES string of the molecule is CCCn1ncc(Cl)c1C(NC)c1ccccc1C. The quantitative estimate of drug-likeness (QED) is 0.906. The molecule has 0 saturated carbocycles. The molecule has 1 unspecified atom stereocenters. The second kappa shape index (κ2) is 6.22. The van der Waals surface area contributed by atoms with Crippen LogP contribution in [0.15, 0.2) is 30.5 Å². The molecule has 1 aromatic carbocycles. The molecule has 0 amide bonds. The van der Waals surface area contributed by atoms with Crippen LogP contribution in [0.25, 0.3) is 0 Å². The molecule has 0 aliphatic heterocycles. The smallest absolute Gasteiger partial charge is 0.0837 e. The van der Waals surface area contributed by atoms with Crippen molar-refractivity contribution >= 4 is 11.6 Å². The Morgan fingerprint density at radius 1 is 1.37 bits per heavy atom. The standard InChI is InChI=1S/C15H20ClN3/c1-4-9-19-15(13(16)10-18-19)14(17-3)12-8-6-5-7-11(12)2/h5-8,10,14,17H,4,9H2,1-3H3. The Labute approximate surface area is 119 Å². The molecule has 19 heavy (non-hydrogen) atoms. The Hall–Kier alpha value is -1.32. The second-order valence-electron chi connectivity index (χ2n) is 4.68. The van der Waals surface area contributed by atoms with Gasteiger partial charge in [0, 0.05) is 6.54 Å². The zero-order valence-electron chi connectivity index (χ0n) is 11.7. The average Bonchev–Trinajstić information content (AvgIpc) is 2.75. The maximum atomic E-state index is 6.33. The van der Waals surface area contributed by atoms with Crippen molar-refractivity contribution < 1.29 is 0 Å². The van der Waals surface area contributed by atoms with Crippen LogP contribution in [0.4, 0.5) is 0 Å². The highest BCUT2D eigenvalue weighted by molar-refractivity contribution is 6.31. The minimum absolute atomic E-state index is 0.0720. The van der Waals surface area contributed by atoms with E-state index in [-0.39, 0.29) is 6.04 Å². The van der Waals surface area contributed by atoms with E-state index < -0.39 is 0 Å². The Balaban J connectivity index is 2.48. The highest BCUT2D eigenvalue weighted by atomic mass is 35.5. The van der Waals surface area contributed by atoms with Crippen LogP contribution < -0.4 is 5.32 Å². The fourth-order valence-corrected chi connectivity index (χ4v) is 2.65. The van der Waals surface area contributed by atoms with Crippen molar-refractivity contribution in [2.75, 3.05) is 7.05 Å². The largest absolute Gasteiger partial charge is 0.308 e. The average molecular weight is 278 g/mol. The van der Waals surface area contributed by atoms with Gasteiger partial charge in [-0.05, 0) is 31.5 Å². The van der Waals surface area contributed by atoms with Crippen molar-refractivity contribution in [1.82, 2.24) is 15.1 Å². The first-order valence-electron chi connectivity index (χ1n) is 6.63. The van der Waals surface area contributed by atoms with Crippen molar-refractivity contribution in [3.8, 4) is 0 Å². The summed E-state index contributed by atoms with van der Waals surface area (Å²) in [5.74, 6) is 0. The van der Waals surface area contributed by atoms with E-state index in [9.17, 15) is 0 Å². The fourth-order valence-electron chi connectivity index (χ4n) is 2.40. The van der Waals surface area contributed by atoms with E-state index in [4.69, 9.17) is 11.6 Å². The first-order chi connectivity index (χ1) is 9.19. The number of benzene rings is 1. The van der Waals surface area contributed by atoms with Crippen LogP contribution in [0.2, 0.25) is 5.02 Å². The van der Waals surface area contributed by atoms with Gasteiger partial charge in [0.05, 0.1) is 23.0 Å². The molecule has 1 N–H and O–H groups in total. The molecule has 0 aliphatic carbocycles. The molecule has 2 rings (SSSR count). The van der Waals surface area contributed by atoms with Crippen molar-refractivity contribution in [1.29, 1.82) is 0 Å². The van der Waals surface area contributed by atoms with E-state index in [2.05, 4.69) is 48.5 Å². The summed E-state index contributed by atoms with van der Waals surface area (Å²) in [6.07, 6.45) is 2.77. The number of halogens is 1. The molecule has 0 radical (unpaired) electrons. The third-order valence-corrected chi connectivity index (χ3v) is 3.62. The first kappa shape index (κ1) is 14.1. The van der Waals surface area contributed by atoms with Crippen LogP contribution in [-0.4, -0.2) is 16.8 Å². The number of hydrogen-bond acceptors (Lipinski definition) is 2. The fraction of sp³-hybridized carbons (Fsp3) is 0.400. The summed E-state index contributed by atoms with van der Waals surface area (Å²) >= 11 is 6.33. The summed E-state index contributed by atoms with van der Waals surface area (Å²) in [4.78, 5) is 0. The zero-order chi connectivity index (χ0) is 13.8. The highest BCUT2D eigenvalue weighted by Crippen LogP contribution is 2.29. The van der Waals surface area contributed by atoms with Crippen molar-refractivity contribution in [3.63, 3.8) is 0 Å². The van der Waals surface area contributed by atoms with E-state index in [1.54, 1.807) is 6.20 Å². The van der Waals surface area contributed by atoms with E-state index in [0.717, 1.165) is 23.7 Å². The molecule has 3 nitrogen and oxygen atoms in total. The van der Waals surface area contributed by atoms with Crippen molar-refractivity contribution in [2.45, 2.75) is 32.9 Å². The summed E-state index contributed by atoms with van der Waals surface area (Å²) < 4.78 is 2.00. The number of hydrogen-bond donors (Lipinski definition) is 1. The van der Waals surface area contributed by atoms with Gasteiger partial charge in [0.2, 0.25) is 0 Å². The lowest BCUT2D eigenvalue weighted by Gasteiger charge is -2.20. The van der Waals surface area contributed by atoms with Crippen LogP contribution in [0.5, 0.6) is 0 Å². The van der Waals surface area contributed by atoms with Crippen LogP contribution in [0, 0.1) is 6.92 Å². The van der Waals surface area contributed by atoms with Crippen LogP contribution in [-0.2, 0) is 6.54 Å². The molecular weight excluding hydrogens is 258 g/mol. The Morgan fingerprint density at radius 3 is 2.74 bits per heavy atom. The van der Waals surface area contributed by atoms with E-state index in [1.807, 2.05) is 11.7 Å². The van der Waals surface area contributed by atoms with Gasteiger partial charge in [-0.15, -0.1) is 0 Å². The molecule has 1 aromatic heterocycles. The van der Waals surface area contributed by atoms with E-state index in [1.165, 1.54) is 11.1 Å². The Morgan fingerprint density at radius 2 is 2.11 bits per heavy atom. The van der Waals surface area contributed by atoms with Gasteiger partial charge >= 0.3 is 0 Å². The number of aryl methyl sites for hydroxylation is 2. The van der Waals surface area contributed by atoms with Gasteiger partial charge in [-0.2, -0.15) is 5.10 Å². The predicted molar refractivity (Wildman–Crippen MR) is 79.6 cm³/mol. The molecule has 0 bridgehead atoms. The van der Waals surface area contributed by atoms with Crippen LogP contribution in [0.1, 0.15) is 36.2 Å². The molecule has 1 heterocycles. The van der Waals surface area contributed by atoms with Gasteiger partial charge < -0.3 is 5.32 Å². The number of nitrogens with zero attached hydrogens (tertiary/aromatic N) is 2. The summed E-state index contributed by atoms with van der Waals surface area (Å²) in [6, 6.07) is 8.43. The van der Waals surface area contributed by atoms with Gasteiger partial charge in [0.1, 0.15) is 0 Å². The van der Waals surface area contributed by atoms with Crippen molar-refractivity contribution in [2.24, 2.45) is 0 Å². The lowest BCUT2D eigenvalue weighted by atomic mass is 9.99. The van der Waals surface area contributed by atoms with Crippen molar-refractivity contribution in [3.05, 3.63) is 52.3 Å². The monoisotopic (exact) mass is 277 g/mol. The summed E-state index contributed by atoms with van der Waals surface area (Å²) in [5, 5.41) is 8.45. The van der Waals surface area contributed by atoms with Gasteiger partial charge in [-0.1, -0.05) is 42.8 Å². The lowest BCUT2D eigenvalue weighted by Crippen LogP contribution is -2.22. The van der Waals surface area contributed by atoms with Crippen LogP contribution in [0.3, 0.4) is 0 Å². The maximum Gasteiger partial charge on any atom is 0.0837 e. The first-order valence-corrected chi connectivity index (χ1v) is 7.00. The molecule has 1 atom stereocenters. The third kappa shape index (κ3) is 2.82. The molecule has 0 aliphatic rings. The van der Waals surface area contributed by atoms with E-state index in [0.29, 0.717) is 0 Å². The Kier molecular flexibility index (Phi) is 4.61. The van der Waals surface area contributed by atoms with Gasteiger partial charge in [0.25, 0.3) is 0 Å². The topological polar surface area (TPSA) is 29.9 Å². The summed E-state index contributed by atoms with van der Waals surface area (Å²) in [6.45, 7) is 5.14. The molecule has 4 heteroatoms. The second-order valence-corrected chi connectivity index (χ2v) is 5.09. The van der Waals surface area contributed by atoms with Gasteiger partial charge in [0.15, 0.2) is 0 Å². The van der Waals surface area contributed by atoms with Gasteiger partial charge in [-0.25, -0.2) is 0 Å². The van der Waals surface area contributed by atoms with Crippen LogP contribution >= 0.6 is 11.6 Å². The minimum Gasteiger partial charge on any atom is -0.308 e. The summed E-state index contributed by atoms with van der Waals surface area (Å²) in [7, 11) is 1.96. The molecule has 0 fully saturated rings. The maximum absolute atomic E-state index is 6.33. The lowest BCUT2D eigenvalue weighted by molar-refractivity contribution is 0.534. The Bertz CT molecular complexity index is 548. The van der Waals surface area contributed by atoms with E-state index >= 15 is 0 Å². The number of aromatic nitrogens is 2. The summed E-state index contributed by atoms with van der Waals surface area (Å²) in [5.41, 5.74) is 3.53. The number of rotatable bonds is 5. The zero-order valence-corrected chi connectivity index (χ0v) is 12.4. The predicted octanol–water partition coefficient (Wildman–Crippen LogP) is 3.56. The molecule has 0 spiro atoms. The molecule has 102 valence electrons. The molecular formula is C15H20ClN3. The highest BCUT2D eigenvalue weighted by Gasteiger charge is 2.21. The molecule has 2 aromatic rings. The molecule has 0 saturated heterocycles. The van der Waals surface area contributed by atoms with Gasteiger partial charge in [-0.3, -0.25) is 4.68 Å².